The SMILES string of the molecule is c1ccc(-n2c3ccccc3c3ccc(N(c4ccc5c(c4)sc4ccccc45)c4cccc5c4-c4ccccc4C54CC5CCC4C5)cc32)cc1. The number of fused-ring (bicyclic) bond motifs is 14. The molecule has 2 saturated carbocycles. The Bertz CT molecular complexity index is 2900. The van der Waals surface area contributed by atoms with Gasteiger partial charge >= 0.3 is 0 Å². The number of thiophene rings is 1. The highest BCUT2D eigenvalue weighted by atomic mass is 32.1. The number of benzene rings is 7. The molecule has 2 heterocycles. The zero-order chi connectivity index (χ0) is 34.0. The molecule has 9 aromatic rings. The summed E-state index contributed by atoms with van der Waals surface area (Å²) in [4.78, 5) is 2.57. The second kappa shape index (κ2) is 10.7. The van der Waals surface area contributed by atoms with E-state index in [1.54, 1.807) is 11.1 Å². The summed E-state index contributed by atoms with van der Waals surface area (Å²) < 4.78 is 5.10. The van der Waals surface area contributed by atoms with Crippen LogP contribution in [0.5, 0.6) is 0 Å². The van der Waals surface area contributed by atoms with Crippen molar-refractivity contribution in [1.82, 2.24) is 4.57 Å². The average molecular weight is 685 g/mol. The summed E-state index contributed by atoms with van der Waals surface area (Å²) in [6, 6.07) is 59.4. The quantitative estimate of drug-likeness (QED) is 0.179. The Morgan fingerprint density at radius 1 is 0.558 bits per heavy atom. The van der Waals surface area contributed by atoms with Crippen LogP contribution in [0.4, 0.5) is 17.1 Å². The van der Waals surface area contributed by atoms with Crippen molar-refractivity contribution in [2.45, 2.75) is 31.1 Å². The molecule has 0 N–H and O–H groups in total. The fourth-order valence-electron chi connectivity index (χ4n) is 10.8. The van der Waals surface area contributed by atoms with E-state index >= 15 is 0 Å². The Balaban J connectivity index is 1.15. The molecule has 12 rings (SSSR count). The van der Waals surface area contributed by atoms with E-state index in [1.165, 1.54) is 102 Å². The van der Waals surface area contributed by atoms with Crippen LogP contribution in [-0.4, -0.2) is 4.57 Å². The topological polar surface area (TPSA) is 8.17 Å². The van der Waals surface area contributed by atoms with Gasteiger partial charge in [-0.25, -0.2) is 0 Å². The Morgan fingerprint density at radius 3 is 2.13 bits per heavy atom. The molecule has 2 nitrogen and oxygen atoms in total. The van der Waals surface area contributed by atoms with Gasteiger partial charge in [-0.15, -0.1) is 11.3 Å². The second-order valence-corrected chi connectivity index (χ2v) is 16.4. The first-order valence-electron chi connectivity index (χ1n) is 18.8. The van der Waals surface area contributed by atoms with Gasteiger partial charge in [0.1, 0.15) is 0 Å². The summed E-state index contributed by atoms with van der Waals surface area (Å²) in [5.74, 6) is 1.55. The third-order valence-electron chi connectivity index (χ3n) is 12.8. The molecule has 3 atom stereocenters. The zero-order valence-electron chi connectivity index (χ0n) is 28.8. The molecule has 3 aliphatic rings. The molecule has 3 unspecified atom stereocenters. The van der Waals surface area contributed by atoms with E-state index in [-0.39, 0.29) is 5.41 Å². The first-order valence-corrected chi connectivity index (χ1v) is 19.6. The summed E-state index contributed by atoms with van der Waals surface area (Å²) >= 11 is 1.90. The summed E-state index contributed by atoms with van der Waals surface area (Å²) in [7, 11) is 0. The maximum absolute atomic E-state index is 2.57. The minimum atomic E-state index is 0.121. The largest absolute Gasteiger partial charge is 0.310 e. The van der Waals surface area contributed by atoms with Crippen LogP contribution >= 0.6 is 11.3 Å². The van der Waals surface area contributed by atoms with Gasteiger partial charge in [-0.05, 0) is 102 Å². The molecule has 248 valence electrons. The minimum Gasteiger partial charge on any atom is -0.310 e. The van der Waals surface area contributed by atoms with Crippen LogP contribution in [0, 0.1) is 11.8 Å². The third-order valence-corrected chi connectivity index (χ3v) is 14.0. The van der Waals surface area contributed by atoms with Crippen molar-refractivity contribution in [3.63, 3.8) is 0 Å². The lowest BCUT2D eigenvalue weighted by Crippen LogP contribution is -2.31. The molecule has 0 amide bonds. The van der Waals surface area contributed by atoms with Gasteiger partial charge in [0.2, 0.25) is 0 Å². The number of hydrogen-bond acceptors (Lipinski definition) is 2. The van der Waals surface area contributed by atoms with Gasteiger partial charge in [0.15, 0.2) is 0 Å². The highest BCUT2D eigenvalue weighted by Gasteiger charge is 2.57. The smallest absolute Gasteiger partial charge is 0.0561 e. The van der Waals surface area contributed by atoms with Crippen molar-refractivity contribution in [3.8, 4) is 16.8 Å². The van der Waals surface area contributed by atoms with Crippen molar-refractivity contribution in [2.75, 3.05) is 4.90 Å². The molecule has 0 radical (unpaired) electrons. The van der Waals surface area contributed by atoms with Crippen LogP contribution in [0.25, 0.3) is 58.8 Å². The molecule has 1 spiro atoms. The van der Waals surface area contributed by atoms with Gasteiger partial charge in [-0.3, -0.25) is 0 Å². The van der Waals surface area contributed by atoms with Crippen molar-refractivity contribution in [2.24, 2.45) is 11.8 Å². The van der Waals surface area contributed by atoms with Gasteiger partial charge in [0, 0.05) is 59.0 Å². The normalized spacial score (nSPS) is 20.1. The van der Waals surface area contributed by atoms with E-state index in [0.717, 1.165) is 11.8 Å². The van der Waals surface area contributed by atoms with Gasteiger partial charge in [-0.2, -0.15) is 0 Å². The Morgan fingerprint density at radius 2 is 1.27 bits per heavy atom. The molecular weight excluding hydrogens is 649 g/mol. The number of anilines is 3. The Hall–Kier alpha value is -5.64. The first kappa shape index (κ1) is 29.0. The molecule has 52 heavy (non-hydrogen) atoms. The van der Waals surface area contributed by atoms with Gasteiger partial charge in [-0.1, -0.05) is 110 Å². The summed E-state index contributed by atoms with van der Waals surface area (Å²) in [5, 5.41) is 5.21. The molecule has 2 bridgehead atoms. The molecule has 2 aromatic heterocycles. The standard InChI is InChI=1S/C49H36N2S/c1-2-11-33(12-3-1)51-43-18-8-5-13-36(43)37-25-23-34(28-45(37)51)50(35-24-26-39-38-14-6-9-20-46(38)52-47(39)29-35)44-19-10-17-42-48(44)40-15-4-7-16-41(40)49(42)30-31-21-22-32(49)27-31/h1-20,23-26,28-29,31-32H,21-22,27,30H2. The molecular formula is C49H36N2S. The van der Waals surface area contributed by atoms with Crippen molar-refractivity contribution >= 4 is 70.4 Å². The highest BCUT2D eigenvalue weighted by Crippen LogP contribution is 2.67. The van der Waals surface area contributed by atoms with E-state index in [0.29, 0.717) is 0 Å². The van der Waals surface area contributed by atoms with Gasteiger partial charge in [0.05, 0.1) is 16.7 Å². The van der Waals surface area contributed by atoms with Crippen LogP contribution in [0.3, 0.4) is 0 Å². The molecule has 7 aromatic carbocycles. The van der Waals surface area contributed by atoms with E-state index in [4.69, 9.17) is 0 Å². The van der Waals surface area contributed by atoms with Crippen LogP contribution in [0.15, 0.2) is 158 Å². The lowest BCUT2D eigenvalue weighted by molar-refractivity contribution is 0.327. The number of para-hydroxylation sites is 2. The molecule has 3 aliphatic carbocycles. The van der Waals surface area contributed by atoms with Crippen LogP contribution in [0.2, 0.25) is 0 Å². The summed E-state index contributed by atoms with van der Waals surface area (Å²) in [5.41, 5.74) is 13.3. The lowest BCUT2D eigenvalue weighted by atomic mass is 9.67. The predicted molar refractivity (Wildman–Crippen MR) is 220 cm³/mol. The van der Waals surface area contributed by atoms with E-state index < -0.39 is 0 Å². The maximum atomic E-state index is 2.57. The first-order chi connectivity index (χ1) is 25.8. The number of aromatic nitrogens is 1. The van der Waals surface area contributed by atoms with E-state index in [2.05, 4.69) is 167 Å². The predicted octanol–water partition coefficient (Wildman–Crippen LogP) is 13.7. The lowest BCUT2D eigenvalue weighted by Gasteiger charge is -2.37. The molecule has 0 aliphatic heterocycles. The average Bonchev–Trinajstić information content (AvgIpc) is 4.02. The van der Waals surface area contributed by atoms with Crippen molar-refractivity contribution in [3.05, 3.63) is 169 Å². The fraction of sp³-hybridized carbons (Fsp3) is 0.143. The Kier molecular flexibility index (Phi) is 5.96. The summed E-state index contributed by atoms with van der Waals surface area (Å²) in [6.07, 6.45) is 5.38. The highest BCUT2D eigenvalue weighted by molar-refractivity contribution is 7.25. The molecule has 0 saturated heterocycles. The monoisotopic (exact) mass is 684 g/mol. The van der Waals surface area contributed by atoms with E-state index in [9.17, 15) is 0 Å². The fourth-order valence-corrected chi connectivity index (χ4v) is 12.0. The van der Waals surface area contributed by atoms with Crippen LogP contribution in [-0.2, 0) is 5.41 Å². The van der Waals surface area contributed by atoms with Gasteiger partial charge in [0.25, 0.3) is 0 Å². The zero-order valence-corrected chi connectivity index (χ0v) is 29.6. The number of nitrogens with zero attached hydrogens (tertiary/aromatic N) is 2. The number of rotatable bonds is 4. The summed E-state index contributed by atoms with van der Waals surface area (Å²) in [6.45, 7) is 0. The van der Waals surface area contributed by atoms with E-state index in [1.807, 2.05) is 11.3 Å². The second-order valence-electron chi connectivity index (χ2n) is 15.3. The number of hydrogen-bond donors (Lipinski definition) is 0. The molecule has 2 fully saturated rings. The third kappa shape index (κ3) is 3.84. The van der Waals surface area contributed by atoms with Crippen LogP contribution < -0.4 is 4.90 Å². The Labute approximate surface area is 307 Å². The maximum Gasteiger partial charge on any atom is 0.0561 e. The van der Waals surface area contributed by atoms with Gasteiger partial charge < -0.3 is 9.47 Å². The molecule has 3 heteroatoms. The minimum absolute atomic E-state index is 0.121. The van der Waals surface area contributed by atoms with Crippen molar-refractivity contribution < 1.29 is 0 Å². The van der Waals surface area contributed by atoms with Crippen molar-refractivity contribution in [1.29, 1.82) is 0 Å². The van der Waals surface area contributed by atoms with Crippen LogP contribution in [0.1, 0.15) is 36.8 Å².